The molecule has 1 fully saturated rings. The molecule has 1 saturated heterocycles. The van der Waals surface area contributed by atoms with Gasteiger partial charge in [-0.2, -0.15) is 0 Å². The van der Waals surface area contributed by atoms with E-state index >= 15 is 0 Å². The minimum atomic E-state index is -0.931. The Labute approximate surface area is 196 Å². The van der Waals surface area contributed by atoms with E-state index in [-0.39, 0.29) is 31.6 Å². The number of methoxy groups -OCH3 is 1. The summed E-state index contributed by atoms with van der Waals surface area (Å²) in [5.74, 6) is -1.15. The lowest BCUT2D eigenvalue weighted by atomic mass is 10.0. The van der Waals surface area contributed by atoms with Crippen LogP contribution in [0.4, 0.5) is 0 Å². The van der Waals surface area contributed by atoms with Crippen LogP contribution in [0.2, 0.25) is 0 Å². The number of ether oxygens (including phenoxy) is 2. The quantitative estimate of drug-likeness (QED) is 0.502. The maximum atomic E-state index is 12.6. The predicted octanol–water partition coefficient (Wildman–Crippen LogP) is 1.41. The first-order valence-corrected chi connectivity index (χ1v) is 10.8. The Morgan fingerprint density at radius 3 is 2.56 bits per heavy atom. The van der Waals surface area contributed by atoms with Crippen molar-refractivity contribution in [2.24, 2.45) is 0 Å². The van der Waals surface area contributed by atoms with Crippen molar-refractivity contribution in [1.29, 1.82) is 0 Å². The molecular weight excluding hydrogens is 438 g/mol. The number of nitrogens with zero attached hydrogens (tertiary/aromatic N) is 4. The zero-order chi connectivity index (χ0) is 23.9. The summed E-state index contributed by atoms with van der Waals surface area (Å²) in [7, 11) is 1.27. The van der Waals surface area contributed by atoms with E-state index in [2.05, 4.69) is 15.6 Å². The van der Waals surface area contributed by atoms with Crippen molar-refractivity contribution in [1.82, 2.24) is 25.2 Å². The Morgan fingerprint density at radius 1 is 1.15 bits per heavy atom. The van der Waals surface area contributed by atoms with Crippen molar-refractivity contribution < 1.29 is 23.9 Å². The van der Waals surface area contributed by atoms with E-state index in [0.29, 0.717) is 17.9 Å². The average molecular weight is 463 g/mol. The fraction of sp³-hybridized carbons (Fsp3) is 0.292. The minimum Gasteiger partial charge on any atom is -0.467 e. The molecule has 2 aromatic carbocycles. The molecule has 0 saturated carbocycles. The van der Waals surface area contributed by atoms with Gasteiger partial charge in [-0.25, -0.2) is 9.48 Å². The van der Waals surface area contributed by atoms with Gasteiger partial charge in [0, 0.05) is 0 Å². The SMILES string of the molecule is COC(=O)[C@@H](NC(=O)Cn1cc(CN2C(=O)COC[C@H]2c2ccccc2)nn1)c1ccccc1. The summed E-state index contributed by atoms with van der Waals surface area (Å²) < 4.78 is 11.6. The van der Waals surface area contributed by atoms with Crippen LogP contribution in [0.25, 0.3) is 0 Å². The van der Waals surface area contributed by atoms with Gasteiger partial charge in [0.15, 0.2) is 6.04 Å². The lowest BCUT2D eigenvalue weighted by Gasteiger charge is -2.35. The van der Waals surface area contributed by atoms with Crippen molar-refractivity contribution in [3.63, 3.8) is 0 Å². The van der Waals surface area contributed by atoms with E-state index in [1.807, 2.05) is 36.4 Å². The normalized spacial score (nSPS) is 16.7. The molecule has 1 aliphatic heterocycles. The molecule has 0 aliphatic carbocycles. The van der Waals surface area contributed by atoms with Crippen molar-refractivity contribution in [3.8, 4) is 0 Å². The van der Waals surface area contributed by atoms with Gasteiger partial charge in [0.2, 0.25) is 11.8 Å². The third-order valence-corrected chi connectivity index (χ3v) is 5.48. The largest absolute Gasteiger partial charge is 0.467 e. The standard InChI is InChI=1S/C24H25N5O5/c1-33-24(32)23(18-10-6-3-7-11-18)25-21(30)14-28-12-19(26-27-28)13-29-20(15-34-16-22(29)31)17-8-4-2-5-9-17/h2-12,20,23H,13-16H2,1H3,(H,25,30)/t20-,23-/m0/s1. The van der Waals surface area contributed by atoms with Crippen LogP contribution < -0.4 is 5.32 Å². The van der Waals surface area contributed by atoms with Gasteiger partial charge < -0.3 is 19.7 Å². The van der Waals surface area contributed by atoms with Gasteiger partial charge in [0.1, 0.15) is 18.8 Å². The molecule has 10 heteroatoms. The number of benzene rings is 2. The molecule has 176 valence electrons. The summed E-state index contributed by atoms with van der Waals surface area (Å²) >= 11 is 0. The number of nitrogens with one attached hydrogen (secondary N) is 1. The van der Waals surface area contributed by atoms with Crippen molar-refractivity contribution in [2.75, 3.05) is 20.3 Å². The van der Waals surface area contributed by atoms with E-state index in [4.69, 9.17) is 9.47 Å². The number of aromatic nitrogens is 3. The molecule has 0 unspecified atom stereocenters. The molecule has 0 bridgehead atoms. The van der Waals surface area contributed by atoms with Crippen LogP contribution in [0.5, 0.6) is 0 Å². The monoisotopic (exact) mass is 463 g/mol. The maximum Gasteiger partial charge on any atom is 0.333 e. The third-order valence-electron chi connectivity index (χ3n) is 5.48. The van der Waals surface area contributed by atoms with E-state index in [0.717, 1.165) is 5.56 Å². The molecule has 34 heavy (non-hydrogen) atoms. The van der Waals surface area contributed by atoms with E-state index < -0.39 is 17.9 Å². The lowest BCUT2D eigenvalue weighted by molar-refractivity contribution is -0.149. The highest BCUT2D eigenvalue weighted by Gasteiger charge is 2.31. The minimum absolute atomic E-state index is 0.00821. The third kappa shape index (κ3) is 5.46. The fourth-order valence-corrected chi connectivity index (χ4v) is 3.81. The van der Waals surface area contributed by atoms with Gasteiger partial charge in [-0.15, -0.1) is 5.10 Å². The van der Waals surface area contributed by atoms with Gasteiger partial charge in [-0.05, 0) is 11.1 Å². The smallest absolute Gasteiger partial charge is 0.333 e. The van der Waals surface area contributed by atoms with E-state index in [9.17, 15) is 14.4 Å². The second kappa shape index (κ2) is 10.7. The van der Waals surface area contributed by atoms with Gasteiger partial charge >= 0.3 is 5.97 Å². The summed E-state index contributed by atoms with van der Waals surface area (Å²) in [5.41, 5.74) is 2.12. The molecule has 1 N–H and O–H groups in total. The number of hydrogen-bond donors (Lipinski definition) is 1. The number of esters is 1. The summed E-state index contributed by atoms with van der Waals surface area (Å²) in [6.07, 6.45) is 1.61. The summed E-state index contributed by atoms with van der Waals surface area (Å²) in [6.45, 7) is 0.486. The van der Waals surface area contributed by atoms with Crippen LogP contribution in [-0.4, -0.2) is 58.0 Å². The molecular formula is C24H25N5O5. The molecule has 2 amide bonds. The predicted molar refractivity (Wildman–Crippen MR) is 120 cm³/mol. The van der Waals surface area contributed by atoms with Gasteiger partial charge in [-0.3, -0.25) is 9.59 Å². The van der Waals surface area contributed by atoms with E-state index in [1.54, 1.807) is 35.4 Å². The van der Waals surface area contributed by atoms with Crippen LogP contribution in [0.3, 0.4) is 0 Å². The molecule has 3 aromatic rings. The highest BCUT2D eigenvalue weighted by atomic mass is 16.5. The number of carbonyl (C=O) groups excluding carboxylic acids is 3. The molecule has 1 aromatic heterocycles. The molecule has 0 spiro atoms. The first-order valence-electron chi connectivity index (χ1n) is 10.8. The Balaban J connectivity index is 1.42. The van der Waals surface area contributed by atoms with E-state index in [1.165, 1.54) is 11.8 Å². The fourth-order valence-electron chi connectivity index (χ4n) is 3.81. The summed E-state index contributed by atoms with van der Waals surface area (Å²) in [5, 5.41) is 10.8. The lowest BCUT2D eigenvalue weighted by Crippen LogP contribution is -2.43. The second-order valence-corrected chi connectivity index (χ2v) is 7.81. The van der Waals surface area contributed by atoms with Crippen LogP contribution >= 0.6 is 0 Å². The van der Waals surface area contributed by atoms with Crippen molar-refractivity contribution in [2.45, 2.75) is 25.2 Å². The van der Waals surface area contributed by atoms with Gasteiger partial charge in [0.25, 0.3) is 0 Å². The molecule has 10 nitrogen and oxygen atoms in total. The molecule has 1 aliphatic rings. The summed E-state index contributed by atoms with van der Waals surface area (Å²) in [6, 6.07) is 17.3. The summed E-state index contributed by atoms with van der Waals surface area (Å²) in [4.78, 5) is 39.1. The Kier molecular flexibility index (Phi) is 7.28. The Bertz CT molecular complexity index is 1130. The average Bonchev–Trinajstić information content (AvgIpc) is 3.31. The van der Waals surface area contributed by atoms with Gasteiger partial charge in [-0.1, -0.05) is 65.9 Å². The number of rotatable bonds is 8. The molecule has 4 rings (SSSR count). The number of hydrogen-bond acceptors (Lipinski definition) is 7. The number of amides is 2. The van der Waals surface area contributed by atoms with Crippen molar-refractivity contribution in [3.05, 3.63) is 83.7 Å². The van der Waals surface area contributed by atoms with Gasteiger partial charge in [0.05, 0.1) is 32.5 Å². The first-order chi connectivity index (χ1) is 16.5. The highest BCUT2D eigenvalue weighted by molar-refractivity contribution is 5.85. The van der Waals surface area contributed by atoms with Crippen LogP contribution in [-0.2, 0) is 36.9 Å². The number of carbonyl (C=O) groups is 3. The zero-order valence-electron chi connectivity index (χ0n) is 18.7. The molecule has 2 atom stereocenters. The second-order valence-electron chi connectivity index (χ2n) is 7.81. The maximum absolute atomic E-state index is 12.6. The Morgan fingerprint density at radius 2 is 1.85 bits per heavy atom. The van der Waals surface area contributed by atoms with Crippen LogP contribution in [0.1, 0.15) is 28.9 Å². The van der Waals surface area contributed by atoms with Crippen molar-refractivity contribution >= 4 is 17.8 Å². The molecule has 2 heterocycles. The molecule has 0 radical (unpaired) electrons. The highest BCUT2D eigenvalue weighted by Crippen LogP contribution is 2.26. The van der Waals surface area contributed by atoms with Crippen LogP contribution in [0.15, 0.2) is 66.9 Å². The van der Waals surface area contributed by atoms with Crippen LogP contribution in [0, 0.1) is 0 Å². The topological polar surface area (TPSA) is 116 Å². The first kappa shape index (κ1) is 23.1. The Hall–Kier alpha value is -4.05. The zero-order valence-corrected chi connectivity index (χ0v) is 18.7. The number of morpholine rings is 1.